The van der Waals surface area contributed by atoms with Gasteiger partial charge in [-0.2, -0.15) is 0 Å². The van der Waals surface area contributed by atoms with E-state index < -0.39 is 0 Å². The predicted molar refractivity (Wildman–Crippen MR) is 69.5 cm³/mol. The second-order valence-electron chi connectivity index (χ2n) is 5.16. The summed E-state index contributed by atoms with van der Waals surface area (Å²) in [6, 6.07) is 1.81. The highest BCUT2D eigenvalue weighted by molar-refractivity contribution is 5.29. The van der Waals surface area contributed by atoms with E-state index >= 15 is 0 Å². The van der Waals surface area contributed by atoms with Gasteiger partial charge in [-0.15, -0.1) is 0 Å². The van der Waals surface area contributed by atoms with Gasteiger partial charge >= 0.3 is 0 Å². The number of nitrogens with two attached hydrogens (primary N) is 1. The van der Waals surface area contributed by atoms with Gasteiger partial charge in [0, 0.05) is 11.8 Å². The van der Waals surface area contributed by atoms with E-state index in [-0.39, 0.29) is 0 Å². The second kappa shape index (κ2) is 5.45. The van der Waals surface area contributed by atoms with Crippen molar-refractivity contribution in [2.24, 2.45) is 5.92 Å². The molecule has 2 rings (SSSR count). The monoisotopic (exact) mass is 234 g/mol. The van der Waals surface area contributed by atoms with Crippen LogP contribution in [0.1, 0.15) is 37.7 Å². The van der Waals surface area contributed by atoms with Crippen molar-refractivity contribution in [1.29, 1.82) is 0 Å². The lowest BCUT2D eigenvalue weighted by Crippen LogP contribution is -2.25. The largest absolute Gasteiger partial charge is 0.384 e. The molecular weight excluding hydrogens is 212 g/mol. The van der Waals surface area contributed by atoms with E-state index in [1.54, 1.807) is 0 Å². The number of rotatable bonds is 2. The molecular formula is C13H22N4. The highest BCUT2D eigenvalue weighted by atomic mass is 15.1. The van der Waals surface area contributed by atoms with Crippen LogP contribution in [0.2, 0.25) is 0 Å². The summed E-state index contributed by atoms with van der Waals surface area (Å²) in [4.78, 5) is 11.2. The summed E-state index contributed by atoms with van der Waals surface area (Å²) in [5, 5.41) is 0. The number of anilines is 1. The van der Waals surface area contributed by atoms with Crippen molar-refractivity contribution >= 4 is 5.82 Å². The number of aromatic nitrogens is 2. The van der Waals surface area contributed by atoms with Gasteiger partial charge < -0.3 is 5.73 Å². The molecule has 94 valence electrons. The number of nitrogens with zero attached hydrogens (tertiary/aromatic N) is 3. The maximum atomic E-state index is 5.75. The highest BCUT2D eigenvalue weighted by Crippen LogP contribution is 2.17. The van der Waals surface area contributed by atoms with Gasteiger partial charge in [0.25, 0.3) is 0 Å². The van der Waals surface area contributed by atoms with Crippen molar-refractivity contribution in [3.63, 3.8) is 0 Å². The Bertz CT molecular complexity index is 357. The molecule has 4 nitrogen and oxygen atoms in total. The van der Waals surface area contributed by atoms with Crippen LogP contribution in [-0.2, 0) is 6.54 Å². The van der Waals surface area contributed by atoms with Gasteiger partial charge in [-0.1, -0.05) is 6.92 Å². The SMILES string of the molecule is Cc1cc(N)nc(CN2CCCC(C)CC2)n1. The Morgan fingerprint density at radius 1 is 1.35 bits per heavy atom. The molecule has 1 aromatic heterocycles. The van der Waals surface area contributed by atoms with Crippen LogP contribution < -0.4 is 5.73 Å². The van der Waals surface area contributed by atoms with Crippen LogP contribution in [0.25, 0.3) is 0 Å². The molecule has 4 heteroatoms. The first-order valence-electron chi connectivity index (χ1n) is 6.46. The summed E-state index contributed by atoms with van der Waals surface area (Å²) < 4.78 is 0. The highest BCUT2D eigenvalue weighted by Gasteiger charge is 2.15. The van der Waals surface area contributed by atoms with Crippen LogP contribution >= 0.6 is 0 Å². The molecule has 1 aromatic rings. The fourth-order valence-corrected chi connectivity index (χ4v) is 2.41. The Balaban J connectivity index is 1.99. The van der Waals surface area contributed by atoms with E-state index in [9.17, 15) is 0 Å². The Kier molecular flexibility index (Phi) is 3.94. The minimum Gasteiger partial charge on any atom is -0.384 e. The molecule has 2 heterocycles. The summed E-state index contributed by atoms with van der Waals surface area (Å²) in [5.74, 6) is 2.29. The van der Waals surface area contributed by atoms with Crippen LogP contribution in [0.3, 0.4) is 0 Å². The molecule has 1 aliphatic heterocycles. The predicted octanol–water partition coefficient (Wildman–Crippen LogP) is 1.99. The van der Waals surface area contributed by atoms with Crippen LogP contribution in [0.15, 0.2) is 6.07 Å². The smallest absolute Gasteiger partial charge is 0.144 e. The first kappa shape index (κ1) is 12.3. The van der Waals surface area contributed by atoms with Gasteiger partial charge in [0.05, 0.1) is 6.54 Å². The molecule has 0 saturated carbocycles. The number of aryl methyl sites for hydroxylation is 1. The number of hydrogen-bond donors (Lipinski definition) is 1. The zero-order chi connectivity index (χ0) is 12.3. The molecule has 1 atom stereocenters. The Morgan fingerprint density at radius 3 is 2.94 bits per heavy atom. The summed E-state index contributed by atoms with van der Waals surface area (Å²) in [7, 11) is 0. The molecule has 2 N–H and O–H groups in total. The van der Waals surface area contributed by atoms with E-state index in [1.165, 1.54) is 19.3 Å². The summed E-state index contributed by atoms with van der Waals surface area (Å²) >= 11 is 0. The zero-order valence-electron chi connectivity index (χ0n) is 10.8. The topological polar surface area (TPSA) is 55.0 Å². The van der Waals surface area contributed by atoms with E-state index in [0.717, 1.165) is 37.1 Å². The molecule has 0 amide bonds. The third kappa shape index (κ3) is 3.66. The standard InChI is InChI=1S/C13H22N4/c1-10-4-3-6-17(7-5-10)9-13-15-11(2)8-12(14)16-13/h8,10H,3-7,9H2,1-2H3,(H2,14,15,16). The van der Waals surface area contributed by atoms with E-state index in [0.29, 0.717) is 5.82 Å². The first-order chi connectivity index (χ1) is 8.13. The molecule has 1 fully saturated rings. The van der Waals surface area contributed by atoms with Gasteiger partial charge in [0.2, 0.25) is 0 Å². The number of hydrogen-bond acceptors (Lipinski definition) is 4. The van der Waals surface area contributed by atoms with Gasteiger partial charge in [-0.05, 0) is 45.2 Å². The maximum Gasteiger partial charge on any atom is 0.144 e. The molecule has 17 heavy (non-hydrogen) atoms. The molecule has 0 radical (unpaired) electrons. The second-order valence-corrected chi connectivity index (χ2v) is 5.16. The average Bonchev–Trinajstić information content (AvgIpc) is 2.42. The Morgan fingerprint density at radius 2 is 2.18 bits per heavy atom. The summed E-state index contributed by atoms with van der Waals surface area (Å²) in [5.41, 5.74) is 6.70. The molecule has 1 unspecified atom stereocenters. The van der Waals surface area contributed by atoms with Crippen LogP contribution in [0.4, 0.5) is 5.82 Å². The van der Waals surface area contributed by atoms with Crippen molar-refractivity contribution in [2.75, 3.05) is 18.8 Å². The lowest BCUT2D eigenvalue weighted by atomic mass is 10.0. The minimum absolute atomic E-state index is 0.579. The van der Waals surface area contributed by atoms with E-state index in [2.05, 4.69) is 21.8 Å². The van der Waals surface area contributed by atoms with Gasteiger partial charge in [0.15, 0.2) is 0 Å². The van der Waals surface area contributed by atoms with Crippen molar-refractivity contribution in [3.05, 3.63) is 17.6 Å². The molecule has 0 aromatic carbocycles. The molecule has 0 aliphatic carbocycles. The van der Waals surface area contributed by atoms with Crippen molar-refractivity contribution in [1.82, 2.24) is 14.9 Å². The van der Waals surface area contributed by atoms with Gasteiger partial charge in [-0.3, -0.25) is 4.90 Å². The fourth-order valence-electron chi connectivity index (χ4n) is 2.41. The third-order valence-electron chi connectivity index (χ3n) is 3.39. The maximum absolute atomic E-state index is 5.75. The minimum atomic E-state index is 0.579. The Labute approximate surface area is 103 Å². The van der Waals surface area contributed by atoms with Crippen LogP contribution in [-0.4, -0.2) is 28.0 Å². The molecule has 0 bridgehead atoms. The molecule has 0 spiro atoms. The molecule has 1 aliphatic rings. The quantitative estimate of drug-likeness (QED) is 0.850. The van der Waals surface area contributed by atoms with E-state index in [4.69, 9.17) is 5.73 Å². The Hall–Kier alpha value is -1.16. The molecule has 1 saturated heterocycles. The normalized spacial score (nSPS) is 22.4. The van der Waals surface area contributed by atoms with Crippen LogP contribution in [0, 0.1) is 12.8 Å². The number of likely N-dealkylation sites (tertiary alicyclic amines) is 1. The van der Waals surface area contributed by atoms with Gasteiger partial charge in [-0.25, -0.2) is 9.97 Å². The van der Waals surface area contributed by atoms with Gasteiger partial charge in [0.1, 0.15) is 11.6 Å². The third-order valence-corrected chi connectivity index (χ3v) is 3.39. The lowest BCUT2D eigenvalue weighted by molar-refractivity contribution is 0.267. The first-order valence-corrected chi connectivity index (χ1v) is 6.46. The van der Waals surface area contributed by atoms with Crippen LogP contribution in [0.5, 0.6) is 0 Å². The average molecular weight is 234 g/mol. The van der Waals surface area contributed by atoms with E-state index in [1.807, 2.05) is 13.0 Å². The zero-order valence-corrected chi connectivity index (χ0v) is 10.8. The fraction of sp³-hybridized carbons (Fsp3) is 0.692. The lowest BCUT2D eigenvalue weighted by Gasteiger charge is -2.19. The summed E-state index contributed by atoms with van der Waals surface area (Å²) in [6.07, 6.45) is 3.90. The van der Waals surface area contributed by atoms with Crippen molar-refractivity contribution in [3.8, 4) is 0 Å². The van der Waals surface area contributed by atoms with Crippen molar-refractivity contribution < 1.29 is 0 Å². The summed E-state index contributed by atoms with van der Waals surface area (Å²) in [6.45, 7) is 7.44. The number of nitrogen functional groups attached to an aromatic ring is 1. The van der Waals surface area contributed by atoms with Crippen molar-refractivity contribution in [2.45, 2.75) is 39.7 Å².